The van der Waals surface area contributed by atoms with E-state index < -0.39 is 0 Å². The average Bonchev–Trinajstić information content (AvgIpc) is 2.38. The first-order chi connectivity index (χ1) is 7.88. The number of rotatable bonds is 1. The third kappa shape index (κ3) is 2.85. The summed E-state index contributed by atoms with van der Waals surface area (Å²) < 4.78 is 0. The van der Waals surface area contributed by atoms with Crippen LogP contribution in [0.5, 0.6) is 0 Å². The fourth-order valence-electron chi connectivity index (χ4n) is 3.40. The number of benzene rings is 1. The quantitative estimate of drug-likeness (QED) is 0.539. The summed E-state index contributed by atoms with van der Waals surface area (Å²) >= 11 is 0. The summed E-state index contributed by atoms with van der Waals surface area (Å²) in [7, 11) is 1.17. The first-order valence-electron chi connectivity index (χ1n) is 6.51. The van der Waals surface area contributed by atoms with Crippen LogP contribution in [-0.4, -0.2) is 11.3 Å². The van der Waals surface area contributed by atoms with Crippen LogP contribution in [0.3, 0.4) is 0 Å². The molecule has 89 valence electrons. The summed E-state index contributed by atoms with van der Waals surface area (Å²) in [4.78, 5) is 0. The van der Waals surface area contributed by atoms with Crippen LogP contribution in [0, 0.1) is 6.92 Å². The van der Waals surface area contributed by atoms with Gasteiger partial charge in [-0.05, 0) is 48.4 Å². The van der Waals surface area contributed by atoms with E-state index in [-0.39, 0.29) is 32.7 Å². The van der Waals surface area contributed by atoms with Gasteiger partial charge in [-0.25, -0.2) is 0 Å². The van der Waals surface area contributed by atoms with Gasteiger partial charge < -0.3 is 6.92 Å². The molecule has 0 N–H and O–H groups in total. The Hall–Kier alpha value is 0.754. The summed E-state index contributed by atoms with van der Waals surface area (Å²) in [6, 6.07) is 9.13. The molecule has 17 heavy (non-hydrogen) atoms. The van der Waals surface area contributed by atoms with Gasteiger partial charge in [-0.2, -0.15) is 6.42 Å². The number of fused-ring (bicyclic) bond motifs is 3. The van der Waals surface area contributed by atoms with Crippen LogP contribution in [0.1, 0.15) is 42.7 Å². The van der Waals surface area contributed by atoms with Gasteiger partial charge in [0.05, 0.1) is 0 Å². The van der Waals surface area contributed by atoms with E-state index in [9.17, 15) is 0 Å². The molecule has 4 atom stereocenters. The molecule has 0 spiro atoms. The first kappa shape index (κ1) is 14.2. The maximum atomic E-state index is 4.10. The second-order valence-electron chi connectivity index (χ2n) is 5.18. The van der Waals surface area contributed by atoms with E-state index in [0.717, 1.165) is 23.7 Å². The van der Waals surface area contributed by atoms with Crippen LogP contribution in [0.25, 0.3) is 0 Å². The maximum Gasteiger partial charge on any atom is 0 e. The summed E-state index contributed by atoms with van der Waals surface area (Å²) in [6.07, 6.45) is 6.72. The first-order valence-corrected chi connectivity index (χ1v) is 7.67. The van der Waals surface area contributed by atoms with Gasteiger partial charge in [0, 0.05) is 32.7 Å². The van der Waals surface area contributed by atoms with Gasteiger partial charge in [-0.15, -0.1) is 8.58 Å². The van der Waals surface area contributed by atoms with Gasteiger partial charge >= 0.3 is 0 Å². The SMILES string of the molecule is [CH2-]CC1CCC2c3ccccc3CCC2P1.[Y]. The van der Waals surface area contributed by atoms with Crippen molar-refractivity contribution < 1.29 is 32.7 Å². The normalized spacial score (nSPS) is 32.4. The molecule has 1 aromatic carbocycles. The monoisotopic (exact) mass is 320 g/mol. The second kappa shape index (κ2) is 6.27. The molecule has 2 aliphatic rings. The number of hydrogen-bond acceptors (Lipinski definition) is 0. The minimum atomic E-state index is 0. The fourth-order valence-corrected chi connectivity index (χ4v) is 5.40. The van der Waals surface area contributed by atoms with E-state index in [0.29, 0.717) is 0 Å². The van der Waals surface area contributed by atoms with Crippen LogP contribution >= 0.6 is 8.58 Å². The van der Waals surface area contributed by atoms with Crippen LogP contribution in [0.4, 0.5) is 0 Å². The molecule has 1 fully saturated rings. The molecule has 0 amide bonds. The van der Waals surface area contributed by atoms with E-state index >= 15 is 0 Å². The molecule has 0 aromatic heterocycles. The van der Waals surface area contributed by atoms with Crippen molar-refractivity contribution in [2.24, 2.45) is 0 Å². The Balaban J connectivity index is 0.00000108. The van der Waals surface area contributed by atoms with Gasteiger partial charge in [0.15, 0.2) is 0 Å². The maximum absolute atomic E-state index is 4.10. The molecule has 4 unspecified atom stereocenters. The summed E-state index contributed by atoms with van der Waals surface area (Å²) in [5.41, 5.74) is 5.22. The largest absolute Gasteiger partial charge is 0.343 e. The average molecular weight is 320 g/mol. The molecule has 1 saturated heterocycles. The van der Waals surface area contributed by atoms with Crippen LogP contribution < -0.4 is 0 Å². The zero-order chi connectivity index (χ0) is 11.0. The molecule has 0 bridgehead atoms. The molecule has 3 rings (SSSR count). The van der Waals surface area contributed by atoms with Crippen molar-refractivity contribution in [1.82, 2.24) is 0 Å². The molecule has 0 saturated carbocycles. The Kier molecular flexibility index (Phi) is 5.23. The van der Waals surface area contributed by atoms with Crippen molar-refractivity contribution in [3.8, 4) is 0 Å². The van der Waals surface area contributed by atoms with Crippen LogP contribution in [0.15, 0.2) is 24.3 Å². The second-order valence-corrected chi connectivity index (χ2v) is 7.07. The smallest absolute Gasteiger partial charge is 0 e. The molecule has 1 aliphatic carbocycles. The van der Waals surface area contributed by atoms with Gasteiger partial charge in [0.1, 0.15) is 0 Å². The zero-order valence-corrected chi connectivity index (χ0v) is 14.2. The fraction of sp³-hybridized carbons (Fsp3) is 0.533. The summed E-state index contributed by atoms with van der Waals surface area (Å²) in [5, 5.41) is 0. The van der Waals surface area contributed by atoms with E-state index in [1.54, 1.807) is 11.1 Å². The molecule has 2 heteroatoms. The predicted octanol–water partition coefficient (Wildman–Crippen LogP) is 4.15. The Labute approximate surface area is 132 Å². The zero-order valence-electron chi connectivity index (χ0n) is 10.4. The molecule has 0 nitrogen and oxygen atoms in total. The summed E-state index contributed by atoms with van der Waals surface area (Å²) in [5.74, 6) is 0.881. The molecule has 1 radical (unpaired) electrons. The Bertz CT molecular complexity index is 377. The van der Waals surface area contributed by atoms with E-state index in [4.69, 9.17) is 0 Å². The van der Waals surface area contributed by atoms with Crippen LogP contribution in [-0.2, 0) is 39.1 Å². The van der Waals surface area contributed by atoms with E-state index in [2.05, 4.69) is 31.2 Å². The minimum Gasteiger partial charge on any atom is -0.343 e. The van der Waals surface area contributed by atoms with Crippen molar-refractivity contribution in [2.75, 3.05) is 0 Å². The van der Waals surface area contributed by atoms with Crippen molar-refractivity contribution in [3.05, 3.63) is 42.3 Å². The van der Waals surface area contributed by atoms with Crippen molar-refractivity contribution in [3.63, 3.8) is 0 Å². The molecular weight excluding hydrogens is 300 g/mol. The van der Waals surface area contributed by atoms with Crippen LogP contribution in [0.2, 0.25) is 0 Å². The molecule has 1 aromatic rings. The Morgan fingerprint density at radius 3 is 2.82 bits per heavy atom. The van der Waals surface area contributed by atoms with E-state index in [1.807, 2.05) is 0 Å². The Morgan fingerprint density at radius 2 is 2.00 bits per heavy atom. The summed E-state index contributed by atoms with van der Waals surface area (Å²) in [6.45, 7) is 4.10. The molecular formula is C15H20PY-. The van der Waals surface area contributed by atoms with Gasteiger partial charge in [-0.3, -0.25) is 0 Å². The third-order valence-corrected chi connectivity index (χ3v) is 6.46. The van der Waals surface area contributed by atoms with Crippen molar-refractivity contribution in [2.45, 2.75) is 49.3 Å². The van der Waals surface area contributed by atoms with Crippen molar-refractivity contribution in [1.29, 1.82) is 0 Å². The standard InChI is InChI=1S/C15H20P.Y/c1-2-12-8-9-14-13-6-4-3-5-11(13)7-10-15(14)16-12;/h3-6,12,14-16H,1-2,7-10H2;/q-1;. The molecule has 1 heterocycles. The van der Waals surface area contributed by atoms with Gasteiger partial charge in [-0.1, -0.05) is 29.9 Å². The predicted molar refractivity (Wildman–Crippen MR) is 72.6 cm³/mol. The Morgan fingerprint density at radius 1 is 1.18 bits per heavy atom. The van der Waals surface area contributed by atoms with Gasteiger partial charge in [0.2, 0.25) is 0 Å². The van der Waals surface area contributed by atoms with E-state index in [1.165, 1.54) is 34.3 Å². The molecule has 1 aliphatic heterocycles. The number of hydrogen-bond donors (Lipinski definition) is 0. The topological polar surface area (TPSA) is 0 Å². The van der Waals surface area contributed by atoms with Crippen molar-refractivity contribution >= 4 is 8.58 Å². The van der Waals surface area contributed by atoms with Gasteiger partial charge in [0.25, 0.3) is 0 Å². The number of aryl methyl sites for hydroxylation is 1. The third-order valence-electron chi connectivity index (χ3n) is 4.29. The minimum absolute atomic E-state index is 0.